The summed E-state index contributed by atoms with van der Waals surface area (Å²) in [5.74, 6) is 1.82. The van der Waals surface area contributed by atoms with Crippen LogP contribution in [0.4, 0.5) is 0 Å². The molecule has 0 amide bonds. The van der Waals surface area contributed by atoms with Crippen LogP contribution in [-0.2, 0) is 13.0 Å². The molecule has 94 valence electrons. The molecule has 1 aliphatic rings. The summed E-state index contributed by atoms with van der Waals surface area (Å²) in [7, 11) is 0. The highest BCUT2D eigenvalue weighted by molar-refractivity contribution is 6.31. The molecule has 1 aromatic heterocycles. The predicted octanol–water partition coefficient (Wildman–Crippen LogP) is 4.02. The molecule has 0 saturated carbocycles. The Balaban J connectivity index is 1.88. The third kappa shape index (κ3) is 2.17. The molecule has 0 saturated heterocycles. The molecule has 1 aromatic carbocycles. The van der Waals surface area contributed by atoms with Gasteiger partial charge in [-0.2, -0.15) is 0 Å². The van der Waals surface area contributed by atoms with Crippen molar-refractivity contribution in [1.82, 2.24) is 9.55 Å². The fourth-order valence-corrected chi connectivity index (χ4v) is 2.88. The molecule has 1 atom stereocenters. The van der Waals surface area contributed by atoms with Gasteiger partial charge >= 0.3 is 0 Å². The van der Waals surface area contributed by atoms with Gasteiger partial charge in [-0.05, 0) is 24.5 Å². The van der Waals surface area contributed by atoms with Crippen LogP contribution in [-0.4, -0.2) is 9.55 Å². The number of hydrogen-bond acceptors (Lipinski definition) is 1. The summed E-state index contributed by atoms with van der Waals surface area (Å²) in [6, 6.07) is 8.01. The molecule has 2 aromatic rings. The van der Waals surface area contributed by atoms with E-state index in [1.165, 1.54) is 18.7 Å². The van der Waals surface area contributed by atoms with E-state index in [0.717, 1.165) is 29.2 Å². The molecule has 1 unspecified atom stereocenters. The van der Waals surface area contributed by atoms with Crippen molar-refractivity contribution in [2.75, 3.05) is 0 Å². The Hall–Kier alpha value is -1.28. The van der Waals surface area contributed by atoms with Crippen LogP contribution in [0.3, 0.4) is 0 Å². The largest absolute Gasteiger partial charge is 0.334 e. The second kappa shape index (κ2) is 4.77. The SMILES string of the molecule is CC1CCCn2cc(Cc3ccccc3Cl)nc21. The standard InChI is InChI=1S/C15H17ClN2/c1-11-5-4-8-18-10-13(17-15(11)18)9-12-6-2-3-7-14(12)16/h2-3,6-7,10-11H,4-5,8-9H2,1H3. The van der Waals surface area contributed by atoms with Crippen molar-refractivity contribution in [3.8, 4) is 0 Å². The molecule has 3 heteroatoms. The average molecular weight is 261 g/mol. The van der Waals surface area contributed by atoms with E-state index in [1.54, 1.807) is 0 Å². The third-order valence-electron chi connectivity index (χ3n) is 3.66. The van der Waals surface area contributed by atoms with Gasteiger partial charge in [-0.1, -0.05) is 36.7 Å². The van der Waals surface area contributed by atoms with E-state index in [2.05, 4.69) is 23.8 Å². The van der Waals surface area contributed by atoms with Gasteiger partial charge in [-0.25, -0.2) is 4.98 Å². The van der Waals surface area contributed by atoms with Crippen LogP contribution in [0.25, 0.3) is 0 Å². The maximum absolute atomic E-state index is 6.19. The Labute approximate surface area is 113 Å². The van der Waals surface area contributed by atoms with Gasteiger partial charge in [-0.15, -0.1) is 0 Å². The second-order valence-electron chi connectivity index (χ2n) is 5.10. The van der Waals surface area contributed by atoms with Gasteiger partial charge in [-0.3, -0.25) is 0 Å². The van der Waals surface area contributed by atoms with Crippen molar-refractivity contribution < 1.29 is 0 Å². The van der Waals surface area contributed by atoms with Crippen molar-refractivity contribution in [3.63, 3.8) is 0 Å². The number of rotatable bonds is 2. The first-order valence-electron chi connectivity index (χ1n) is 6.53. The molecular weight excluding hydrogens is 244 g/mol. The Bertz CT molecular complexity index is 559. The van der Waals surface area contributed by atoms with E-state index in [0.29, 0.717) is 5.92 Å². The minimum Gasteiger partial charge on any atom is -0.334 e. The molecule has 0 N–H and O–H groups in total. The molecule has 2 heterocycles. The summed E-state index contributed by atoms with van der Waals surface area (Å²) in [5.41, 5.74) is 2.29. The molecule has 3 rings (SSSR count). The predicted molar refractivity (Wildman–Crippen MR) is 74.1 cm³/mol. The quantitative estimate of drug-likeness (QED) is 0.797. The fraction of sp³-hybridized carbons (Fsp3) is 0.400. The van der Waals surface area contributed by atoms with Crippen LogP contribution in [0.15, 0.2) is 30.5 Å². The zero-order valence-electron chi connectivity index (χ0n) is 10.6. The van der Waals surface area contributed by atoms with Gasteiger partial charge in [0.15, 0.2) is 0 Å². The van der Waals surface area contributed by atoms with Gasteiger partial charge in [0.2, 0.25) is 0 Å². The summed E-state index contributed by atoms with van der Waals surface area (Å²) in [4.78, 5) is 4.77. The third-order valence-corrected chi connectivity index (χ3v) is 4.03. The number of halogens is 1. The molecule has 0 radical (unpaired) electrons. The lowest BCUT2D eigenvalue weighted by molar-refractivity contribution is 0.463. The minimum absolute atomic E-state index is 0.582. The van der Waals surface area contributed by atoms with E-state index >= 15 is 0 Å². The highest BCUT2D eigenvalue weighted by atomic mass is 35.5. The Morgan fingerprint density at radius 2 is 2.22 bits per heavy atom. The van der Waals surface area contributed by atoms with Gasteiger partial charge in [0.25, 0.3) is 0 Å². The van der Waals surface area contributed by atoms with Crippen molar-refractivity contribution in [2.45, 2.75) is 38.6 Å². The summed E-state index contributed by atoms with van der Waals surface area (Å²) in [6.45, 7) is 3.37. The Morgan fingerprint density at radius 1 is 1.39 bits per heavy atom. The summed E-state index contributed by atoms with van der Waals surface area (Å²) in [5, 5.41) is 0.830. The molecule has 0 bridgehead atoms. The Kier molecular flexibility index (Phi) is 3.13. The lowest BCUT2D eigenvalue weighted by Gasteiger charge is -2.19. The fourth-order valence-electron chi connectivity index (χ4n) is 2.68. The number of hydrogen-bond donors (Lipinski definition) is 0. The van der Waals surface area contributed by atoms with Crippen molar-refractivity contribution in [3.05, 3.63) is 52.6 Å². The normalized spacial score (nSPS) is 18.7. The number of aromatic nitrogens is 2. The van der Waals surface area contributed by atoms with Gasteiger partial charge in [0.05, 0.1) is 5.69 Å². The first kappa shape index (κ1) is 11.8. The van der Waals surface area contributed by atoms with Gasteiger partial charge in [0.1, 0.15) is 5.82 Å². The maximum Gasteiger partial charge on any atom is 0.111 e. The summed E-state index contributed by atoms with van der Waals surface area (Å²) < 4.78 is 2.31. The number of benzene rings is 1. The molecule has 0 spiro atoms. The van der Waals surface area contributed by atoms with Crippen LogP contribution in [0.2, 0.25) is 5.02 Å². The molecule has 1 aliphatic heterocycles. The van der Waals surface area contributed by atoms with Crippen LogP contribution < -0.4 is 0 Å². The first-order chi connectivity index (χ1) is 8.74. The smallest absolute Gasteiger partial charge is 0.111 e. The molecule has 2 nitrogen and oxygen atoms in total. The first-order valence-corrected chi connectivity index (χ1v) is 6.91. The number of imidazole rings is 1. The monoisotopic (exact) mass is 260 g/mol. The van der Waals surface area contributed by atoms with E-state index in [-0.39, 0.29) is 0 Å². The lowest BCUT2D eigenvalue weighted by atomic mass is 10.0. The van der Waals surface area contributed by atoms with E-state index in [4.69, 9.17) is 16.6 Å². The van der Waals surface area contributed by atoms with Crippen LogP contribution in [0, 0.1) is 0 Å². The Morgan fingerprint density at radius 3 is 3.00 bits per heavy atom. The van der Waals surface area contributed by atoms with E-state index in [9.17, 15) is 0 Å². The molecule has 18 heavy (non-hydrogen) atoms. The van der Waals surface area contributed by atoms with Crippen molar-refractivity contribution >= 4 is 11.6 Å². The van der Waals surface area contributed by atoms with Gasteiger partial charge < -0.3 is 4.57 Å². The average Bonchev–Trinajstić information content (AvgIpc) is 2.76. The minimum atomic E-state index is 0.582. The summed E-state index contributed by atoms with van der Waals surface area (Å²) >= 11 is 6.19. The molecular formula is C15H17ClN2. The van der Waals surface area contributed by atoms with E-state index < -0.39 is 0 Å². The molecule has 0 aliphatic carbocycles. The topological polar surface area (TPSA) is 17.8 Å². The number of nitrogens with zero attached hydrogens (tertiary/aromatic N) is 2. The van der Waals surface area contributed by atoms with Crippen LogP contribution in [0.5, 0.6) is 0 Å². The van der Waals surface area contributed by atoms with Gasteiger partial charge in [0, 0.05) is 30.1 Å². The summed E-state index contributed by atoms with van der Waals surface area (Å²) in [6.07, 6.45) is 5.53. The zero-order chi connectivity index (χ0) is 12.5. The highest BCUT2D eigenvalue weighted by Gasteiger charge is 2.19. The van der Waals surface area contributed by atoms with E-state index in [1.807, 2.05) is 18.2 Å². The van der Waals surface area contributed by atoms with Crippen LogP contribution >= 0.6 is 11.6 Å². The van der Waals surface area contributed by atoms with Crippen molar-refractivity contribution in [2.24, 2.45) is 0 Å². The second-order valence-corrected chi connectivity index (χ2v) is 5.50. The van der Waals surface area contributed by atoms with Crippen molar-refractivity contribution in [1.29, 1.82) is 0 Å². The zero-order valence-corrected chi connectivity index (χ0v) is 11.3. The maximum atomic E-state index is 6.19. The molecule has 0 fully saturated rings. The lowest BCUT2D eigenvalue weighted by Crippen LogP contribution is -2.12. The highest BCUT2D eigenvalue weighted by Crippen LogP contribution is 2.27. The number of fused-ring (bicyclic) bond motifs is 1. The van der Waals surface area contributed by atoms with Crippen LogP contribution in [0.1, 0.15) is 42.8 Å². The number of aryl methyl sites for hydroxylation is 1.